The summed E-state index contributed by atoms with van der Waals surface area (Å²) >= 11 is 1.35. The van der Waals surface area contributed by atoms with E-state index in [1.165, 1.54) is 31.0 Å². The molecule has 0 fully saturated rings. The van der Waals surface area contributed by atoms with Crippen molar-refractivity contribution in [1.29, 1.82) is 0 Å². The molecule has 0 saturated heterocycles. The molecule has 28 heavy (non-hydrogen) atoms. The Morgan fingerprint density at radius 1 is 1.32 bits per heavy atom. The van der Waals surface area contributed by atoms with Gasteiger partial charge in [0.25, 0.3) is 11.6 Å². The van der Waals surface area contributed by atoms with Gasteiger partial charge in [-0.25, -0.2) is 4.98 Å². The zero-order chi connectivity index (χ0) is 20.1. The molecule has 1 N–H and O–H groups in total. The Morgan fingerprint density at radius 3 is 2.64 bits per heavy atom. The van der Waals surface area contributed by atoms with Gasteiger partial charge < -0.3 is 14.6 Å². The van der Waals surface area contributed by atoms with E-state index in [4.69, 9.17) is 4.74 Å². The average Bonchev–Trinajstić information content (AvgIpc) is 3.26. The fourth-order valence-corrected chi connectivity index (χ4v) is 3.26. The predicted octanol–water partition coefficient (Wildman–Crippen LogP) is 3.44. The van der Waals surface area contributed by atoms with Gasteiger partial charge in [-0.2, -0.15) is 0 Å². The standard InChI is InChI=1S/C19H18N4O4S/c1-27-17-10-16(23(25)26)15(9-18(17)28-2)19(24)21-11-13-3-5-14(6-4-13)22-8-7-20-12-22/h3-10,12H,11H2,1-2H3,(H,21,24). The molecular weight excluding hydrogens is 380 g/mol. The number of imidazole rings is 1. The van der Waals surface area contributed by atoms with Crippen LogP contribution in [0.2, 0.25) is 0 Å². The maximum atomic E-state index is 12.6. The third-order valence-electron chi connectivity index (χ3n) is 4.14. The van der Waals surface area contributed by atoms with E-state index in [9.17, 15) is 14.9 Å². The zero-order valence-electron chi connectivity index (χ0n) is 15.3. The maximum absolute atomic E-state index is 12.6. The van der Waals surface area contributed by atoms with Gasteiger partial charge in [-0.15, -0.1) is 11.8 Å². The number of nitrogens with one attached hydrogen (secondary N) is 1. The Morgan fingerprint density at radius 2 is 2.07 bits per heavy atom. The number of hydrogen-bond donors (Lipinski definition) is 1. The normalized spacial score (nSPS) is 10.5. The molecule has 0 aliphatic carbocycles. The van der Waals surface area contributed by atoms with Crippen molar-refractivity contribution in [3.8, 4) is 11.4 Å². The molecule has 0 radical (unpaired) electrons. The van der Waals surface area contributed by atoms with E-state index in [-0.39, 0.29) is 17.8 Å². The summed E-state index contributed by atoms with van der Waals surface area (Å²) in [5.41, 5.74) is 1.54. The van der Waals surface area contributed by atoms with Gasteiger partial charge in [0.05, 0.1) is 29.3 Å². The summed E-state index contributed by atoms with van der Waals surface area (Å²) in [5, 5.41) is 14.1. The highest BCUT2D eigenvalue weighted by molar-refractivity contribution is 7.98. The van der Waals surface area contributed by atoms with Crippen LogP contribution >= 0.6 is 11.8 Å². The van der Waals surface area contributed by atoms with Crippen molar-refractivity contribution >= 4 is 23.4 Å². The van der Waals surface area contributed by atoms with E-state index < -0.39 is 10.8 Å². The number of carbonyl (C=O) groups is 1. The van der Waals surface area contributed by atoms with Crippen LogP contribution in [0.25, 0.3) is 5.69 Å². The highest BCUT2D eigenvalue weighted by Gasteiger charge is 2.23. The molecule has 0 aliphatic heterocycles. The van der Waals surface area contributed by atoms with Crippen molar-refractivity contribution in [1.82, 2.24) is 14.9 Å². The Balaban J connectivity index is 1.76. The molecule has 3 rings (SSSR count). The number of amides is 1. The Hall–Kier alpha value is -3.33. The highest BCUT2D eigenvalue weighted by atomic mass is 32.2. The van der Waals surface area contributed by atoms with Crippen LogP contribution in [0.1, 0.15) is 15.9 Å². The zero-order valence-corrected chi connectivity index (χ0v) is 16.1. The van der Waals surface area contributed by atoms with Crippen molar-refractivity contribution in [3.05, 3.63) is 76.4 Å². The van der Waals surface area contributed by atoms with Crippen LogP contribution in [0, 0.1) is 10.1 Å². The number of nitro groups is 1. The van der Waals surface area contributed by atoms with Crippen LogP contribution in [0.15, 0.2) is 60.0 Å². The molecule has 0 unspecified atom stereocenters. The Kier molecular flexibility index (Phi) is 5.95. The van der Waals surface area contributed by atoms with Gasteiger partial charge in [-0.05, 0) is 30.0 Å². The first-order valence-electron chi connectivity index (χ1n) is 8.29. The fourth-order valence-electron chi connectivity index (χ4n) is 2.68. The largest absolute Gasteiger partial charge is 0.495 e. The summed E-state index contributed by atoms with van der Waals surface area (Å²) in [6.07, 6.45) is 7.04. The van der Waals surface area contributed by atoms with Gasteiger partial charge in [0.2, 0.25) is 0 Å². The summed E-state index contributed by atoms with van der Waals surface area (Å²) in [7, 11) is 1.44. The number of carbonyl (C=O) groups excluding carboxylic acids is 1. The van der Waals surface area contributed by atoms with Gasteiger partial charge in [0.15, 0.2) is 0 Å². The molecule has 1 aromatic heterocycles. The number of rotatable bonds is 7. The van der Waals surface area contributed by atoms with E-state index in [2.05, 4.69) is 10.3 Å². The van der Waals surface area contributed by atoms with Gasteiger partial charge in [-0.1, -0.05) is 12.1 Å². The van der Waals surface area contributed by atoms with Gasteiger partial charge in [0.1, 0.15) is 11.3 Å². The summed E-state index contributed by atoms with van der Waals surface area (Å²) in [4.78, 5) is 28.0. The SMILES string of the molecule is COc1cc([N+](=O)[O-])c(C(=O)NCc2ccc(-n3ccnc3)cc2)cc1SC. The second-order valence-electron chi connectivity index (χ2n) is 5.80. The average molecular weight is 398 g/mol. The molecular formula is C19H18N4O4S. The molecule has 0 aliphatic rings. The number of nitrogens with zero attached hydrogens (tertiary/aromatic N) is 3. The second-order valence-corrected chi connectivity index (χ2v) is 6.65. The molecule has 0 spiro atoms. The Bertz CT molecular complexity index is 988. The summed E-state index contributed by atoms with van der Waals surface area (Å²) in [6, 6.07) is 10.3. The van der Waals surface area contributed by atoms with Crippen molar-refractivity contribution in [2.45, 2.75) is 11.4 Å². The first-order valence-corrected chi connectivity index (χ1v) is 9.52. The minimum Gasteiger partial charge on any atom is -0.495 e. The predicted molar refractivity (Wildman–Crippen MR) is 106 cm³/mol. The second kappa shape index (κ2) is 8.57. The molecule has 0 saturated carbocycles. The smallest absolute Gasteiger partial charge is 0.285 e. The molecule has 1 heterocycles. The lowest BCUT2D eigenvalue weighted by atomic mass is 10.1. The number of aromatic nitrogens is 2. The summed E-state index contributed by atoms with van der Waals surface area (Å²) in [6.45, 7) is 0.251. The van der Waals surface area contributed by atoms with Crippen molar-refractivity contribution in [3.63, 3.8) is 0 Å². The van der Waals surface area contributed by atoms with Crippen LogP contribution in [-0.2, 0) is 6.54 Å². The lowest BCUT2D eigenvalue weighted by molar-refractivity contribution is -0.385. The number of methoxy groups -OCH3 is 1. The number of benzene rings is 2. The quantitative estimate of drug-likeness (QED) is 0.372. The van der Waals surface area contributed by atoms with Crippen molar-refractivity contribution in [2.24, 2.45) is 0 Å². The first-order chi connectivity index (χ1) is 13.5. The molecule has 3 aromatic rings. The monoisotopic (exact) mass is 398 g/mol. The third-order valence-corrected chi connectivity index (χ3v) is 4.89. The van der Waals surface area contributed by atoms with Crippen LogP contribution in [-0.4, -0.2) is 33.7 Å². The number of ether oxygens (including phenoxy) is 1. The molecule has 2 aromatic carbocycles. The number of nitro benzene ring substituents is 1. The van der Waals surface area contributed by atoms with Gasteiger partial charge in [0, 0.05) is 24.6 Å². The molecule has 144 valence electrons. The maximum Gasteiger partial charge on any atom is 0.285 e. The molecule has 9 heteroatoms. The van der Waals surface area contributed by atoms with Gasteiger partial charge in [-0.3, -0.25) is 14.9 Å². The molecule has 1 amide bonds. The van der Waals surface area contributed by atoms with E-state index >= 15 is 0 Å². The fraction of sp³-hybridized carbons (Fsp3) is 0.158. The highest BCUT2D eigenvalue weighted by Crippen LogP contribution is 2.34. The summed E-state index contributed by atoms with van der Waals surface area (Å²) in [5.74, 6) is -0.144. The Labute approximate surface area is 165 Å². The van der Waals surface area contributed by atoms with E-state index in [0.717, 1.165) is 11.3 Å². The van der Waals surface area contributed by atoms with Gasteiger partial charge >= 0.3 is 0 Å². The van der Waals surface area contributed by atoms with Crippen LogP contribution in [0.5, 0.6) is 5.75 Å². The number of thioether (sulfide) groups is 1. The van der Waals surface area contributed by atoms with Crippen LogP contribution in [0.3, 0.4) is 0 Å². The minimum absolute atomic E-state index is 0.00480. The number of hydrogen-bond acceptors (Lipinski definition) is 6. The summed E-state index contributed by atoms with van der Waals surface area (Å²) < 4.78 is 7.04. The van der Waals surface area contributed by atoms with Crippen molar-refractivity contribution in [2.75, 3.05) is 13.4 Å². The molecule has 8 nitrogen and oxygen atoms in total. The van der Waals surface area contributed by atoms with Crippen LogP contribution in [0.4, 0.5) is 5.69 Å². The minimum atomic E-state index is -0.582. The molecule has 0 atom stereocenters. The lowest BCUT2D eigenvalue weighted by Crippen LogP contribution is -2.23. The topological polar surface area (TPSA) is 99.3 Å². The van der Waals surface area contributed by atoms with Crippen LogP contribution < -0.4 is 10.1 Å². The van der Waals surface area contributed by atoms with E-state index in [1.807, 2.05) is 41.3 Å². The van der Waals surface area contributed by atoms with Crippen molar-refractivity contribution < 1.29 is 14.5 Å². The van der Waals surface area contributed by atoms with E-state index in [0.29, 0.717) is 10.6 Å². The third kappa shape index (κ3) is 4.15. The lowest BCUT2D eigenvalue weighted by Gasteiger charge is -2.11. The van der Waals surface area contributed by atoms with E-state index in [1.54, 1.807) is 12.5 Å². The molecule has 0 bridgehead atoms. The first kappa shape index (κ1) is 19.4.